The molecule has 38 heavy (non-hydrogen) atoms. The van der Waals surface area contributed by atoms with Gasteiger partial charge in [0.1, 0.15) is 11.9 Å². The molecule has 0 atom stereocenters. The van der Waals surface area contributed by atoms with E-state index in [1.807, 2.05) is 37.9 Å². The van der Waals surface area contributed by atoms with Crippen LogP contribution in [0.15, 0.2) is 49.2 Å². The summed E-state index contributed by atoms with van der Waals surface area (Å²) in [6.07, 6.45) is 11.7. The summed E-state index contributed by atoms with van der Waals surface area (Å²) >= 11 is 5.57. The Labute approximate surface area is 226 Å². The Hall–Kier alpha value is -4.41. The van der Waals surface area contributed by atoms with Crippen LogP contribution in [0.1, 0.15) is 18.4 Å². The van der Waals surface area contributed by atoms with E-state index in [0.717, 1.165) is 64.9 Å². The Bertz CT molecular complexity index is 1590. The van der Waals surface area contributed by atoms with Crippen molar-refractivity contribution in [3.05, 3.63) is 54.7 Å². The molecule has 0 radical (unpaired) electrons. The van der Waals surface area contributed by atoms with Gasteiger partial charge in [-0.25, -0.2) is 9.50 Å². The molecule has 1 aliphatic heterocycles. The van der Waals surface area contributed by atoms with Gasteiger partial charge in [0.05, 0.1) is 30.0 Å². The maximum atomic E-state index is 9.68. The number of rotatable bonds is 4. The number of anilines is 1. The van der Waals surface area contributed by atoms with E-state index >= 15 is 0 Å². The van der Waals surface area contributed by atoms with Crippen molar-refractivity contribution in [2.45, 2.75) is 12.8 Å². The molecule has 1 aliphatic carbocycles. The number of pyridine rings is 2. The second-order valence-electron chi connectivity index (χ2n) is 9.64. The molecular formula is C28H27N9S. The Balaban J connectivity index is 1.18. The van der Waals surface area contributed by atoms with E-state index in [-0.39, 0.29) is 0 Å². The first-order chi connectivity index (χ1) is 18.6. The fourth-order valence-corrected chi connectivity index (χ4v) is 4.93. The van der Waals surface area contributed by atoms with Crippen molar-refractivity contribution < 1.29 is 0 Å². The zero-order valence-corrected chi connectivity index (χ0v) is 21.9. The molecule has 2 aliphatic rings. The van der Waals surface area contributed by atoms with Gasteiger partial charge in [-0.3, -0.25) is 4.68 Å². The number of thiocarbonyl (C=S) groups is 1. The Morgan fingerprint density at radius 3 is 2.58 bits per heavy atom. The molecule has 0 unspecified atom stereocenters. The highest BCUT2D eigenvalue weighted by Crippen LogP contribution is 2.32. The van der Waals surface area contributed by atoms with Gasteiger partial charge in [0.15, 0.2) is 5.11 Å². The average Bonchev–Trinajstić information content (AvgIpc) is 3.52. The fraction of sp³-hybridized carbons (Fsp3) is 0.321. The molecule has 6 rings (SSSR count). The number of hydrogen-bond acceptors (Lipinski definition) is 6. The van der Waals surface area contributed by atoms with Crippen molar-refractivity contribution in [3.8, 4) is 40.2 Å². The predicted octanol–water partition coefficient (Wildman–Crippen LogP) is 3.08. The Morgan fingerprint density at radius 2 is 1.89 bits per heavy atom. The second-order valence-corrected chi connectivity index (χ2v) is 10.0. The van der Waals surface area contributed by atoms with E-state index in [4.69, 9.17) is 17.2 Å². The van der Waals surface area contributed by atoms with Gasteiger partial charge in [-0.15, -0.1) is 0 Å². The summed E-state index contributed by atoms with van der Waals surface area (Å²) in [6, 6.07) is 8.46. The minimum atomic E-state index is 0.529. The predicted molar refractivity (Wildman–Crippen MR) is 150 cm³/mol. The Morgan fingerprint density at radius 1 is 1.05 bits per heavy atom. The van der Waals surface area contributed by atoms with Crippen molar-refractivity contribution in [2.24, 2.45) is 13.0 Å². The number of aromatic nitrogens is 5. The molecule has 4 aromatic heterocycles. The molecule has 10 heteroatoms. The van der Waals surface area contributed by atoms with Gasteiger partial charge in [-0.1, -0.05) is 11.8 Å². The quantitative estimate of drug-likeness (QED) is 0.324. The van der Waals surface area contributed by atoms with Gasteiger partial charge >= 0.3 is 0 Å². The van der Waals surface area contributed by atoms with Gasteiger partial charge in [-0.05, 0) is 43.3 Å². The van der Waals surface area contributed by atoms with E-state index in [1.54, 1.807) is 15.4 Å². The van der Waals surface area contributed by atoms with E-state index in [1.165, 1.54) is 12.8 Å². The highest BCUT2D eigenvalue weighted by atomic mass is 32.1. The number of fused-ring (bicyclic) bond motifs is 1. The van der Waals surface area contributed by atoms with Crippen LogP contribution in [0, 0.1) is 29.1 Å². The molecule has 2 fully saturated rings. The molecule has 1 saturated carbocycles. The first kappa shape index (κ1) is 24.0. The van der Waals surface area contributed by atoms with Crippen LogP contribution in [0.5, 0.6) is 0 Å². The lowest BCUT2D eigenvalue weighted by atomic mass is 10.0. The molecule has 0 aromatic carbocycles. The van der Waals surface area contributed by atoms with E-state index in [0.29, 0.717) is 18.0 Å². The van der Waals surface area contributed by atoms with Crippen molar-refractivity contribution in [2.75, 3.05) is 37.6 Å². The Kier molecular flexibility index (Phi) is 6.40. The van der Waals surface area contributed by atoms with Gasteiger partial charge in [0.2, 0.25) is 0 Å². The van der Waals surface area contributed by atoms with Gasteiger partial charge in [0, 0.05) is 80.0 Å². The maximum Gasteiger partial charge on any atom is 0.169 e. The van der Waals surface area contributed by atoms with E-state index < -0.39 is 0 Å². The van der Waals surface area contributed by atoms with Crippen molar-refractivity contribution in [3.63, 3.8) is 0 Å². The third-order valence-electron chi connectivity index (χ3n) is 6.93. The summed E-state index contributed by atoms with van der Waals surface area (Å²) in [4.78, 5) is 9.27. The topological polar surface area (TPSA) is 90.3 Å². The molecule has 0 spiro atoms. The first-order valence-corrected chi connectivity index (χ1v) is 13.1. The minimum absolute atomic E-state index is 0.529. The van der Waals surface area contributed by atoms with Crippen LogP contribution in [0.2, 0.25) is 0 Å². The summed E-state index contributed by atoms with van der Waals surface area (Å²) < 4.78 is 3.53. The molecule has 190 valence electrons. The molecule has 0 amide bonds. The molecule has 1 saturated heterocycles. The number of nitriles is 1. The average molecular weight is 522 g/mol. The van der Waals surface area contributed by atoms with Crippen molar-refractivity contribution >= 4 is 28.7 Å². The lowest BCUT2D eigenvalue weighted by Gasteiger charge is -2.36. The normalized spacial score (nSPS) is 15.2. The highest BCUT2D eigenvalue weighted by molar-refractivity contribution is 7.80. The molecular weight excluding hydrogens is 494 g/mol. The van der Waals surface area contributed by atoms with Gasteiger partial charge in [-0.2, -0.15) is 15.5 Å². The minimum Gasteiger partial charge on any atom is -0.353 e. The van der Waals surface area contributed by atoms with E-state index in [2.05, 4.69) is 55.4 Å². The lowest BCUT2D eigenvalue weighted by Crippen LogP contribution is -2.52. The SMILES string of the molecule is Cn1cc(-c2cc(-c3ccc(N4CCN(C(=S)NCC#CC5CC5)CC4)nc3)c3c(C#N)cnn3c2)cn1. The third-order valence-corrected chi connectivity index (χ3v) is 7.33. The first-order valence-electron chi connectivity index (χ1n) is 12.7. The van der Waals surface area contributed by atoms with Crippen molar-refractivity contribution in [1.29, 1.82) is 5.26 Å². The molecule has 4 aromatic rings. The maximum absolute atomic E-state index is 9.68. The largest absolute Gasteiger partial charge is 0.353 e. The van der Waals surface area contributed by atoms with Crippen molar-refractivity contribution in [1.82, 2.24) is 34.6 Å². The number of hydrogen-bond donors (Lipinski definition) is 1. The summed E-state index contributed by atoms with van der Waals surface area (Å²) in [6.45, 7) is 3.95. The van der Waals surface area contributed by atoms with Crippen LogP contribution in [0.3, 0.4) is 0 Å². The summed E-state index contributed by atoms with van der Waals surface area (Å²) in [7, 11) is 1.89. The standard InChI is InChI=1S/C28H27N9S/c1-34-18-24(17-32-34)22-13-25(27-23(14-29)16-33-37(27)19-22)21-6-7-26(31-15-21)35-9-11-36(12-10-35)28(38)30-8-2-3-20-4-5-20/h6-7,13,15-20H,4-5,8-12H2,1H3,(H,30,38). The monoisotopic (exact) mass is 521 g/mol. The number of aryl methyl sites for hydroxylation is 1. The fourth-order valence-electron chi connectivity index (χ4n) is 4.68. The number of nitrogens with one attached hydrogen (secondary N) is 1. The summed E-state index contributed by atoms with van der Waals surface area (Å²) in [5.74, 6) is 7.97. The van der Waals surface area contributed by atoms with Gasteiger partial charge in [0.25, 0.3) is 0 Å². The molecule has 1 N–H and O–H groups in total. The lowest BCUT2D eigenvalue weighted by molar-refractivity contribution is 0.380. The van der Waals surface area contributed by atoms with Crippen LogP contribution in [0.4, 0.5) is 5.82 Å². The van der Waals surface area contributed by atoms with Crippen LogP contribution in [-0.4, -0.2) is 67.1 Å². The molecule has 9 nitrogen and oxygen atoms in total. The molecule has 0 bridgehead atoms. The zero-order chi connectivity index (χ0) is 26.1. The van der Waals surface area contributed by atoms with Crippen LogP contribution >= 0.6 is 12.2 Å². The van der Waals surface area contributed by atoms with Crippen LogP contribution < -0.4 is 10.2 Å². The van der Waals surface area contributed by atoms with Crippen LogP contribution in [-0.2, 0) is 7.05 Å². The van der Waals surface area contributed by atoms with Crippen LogP contribution in [0.25, 0.3) is 27.8 Å². The van der Waals surface area contributed by atoms with E-state index in [9.17, 15) is 5.26 Å². The third kappa shape index (κ3) is 4.91. The number of piperazine rings is 1. The molecule has 5 heterocycles. The summed E-state index contributed by atoms with van der Waals surface area (Å²) in [5, 5.41) is 22.4. The second kappa shape index (κ2) is 10.2. The summed E-state index contributed by atoms with van der Waals surface area (Å²) in [5.41, 5.74) is 5.08. The van der Waals surface area contributed by atoms with Gasteiger partial charge < -0.3 is 15.1 Å². The smallest absolute Gasteiger partial charge is 0.169 e. The zero-order valence-electron chi connectivity index (χ0n) is 21.1. The highest BCUT2D eigenvalue weighted by Gasteiger charge is 2.21. The number of nitrogens with zero attached hydrogens (tertiary/aromatic N) is 8.